The lowest BCUT2D eigenvalue weighted by atomic mass is 9.99. The first kappa shape index (κ1) is 14.2. The normalized spacial score (nSPS) is 13.2. The molecule has 3 rings (SSSR count). The van der Waals surface area contributed by atoms with Gasteiger partial charge in [-0.3, -0.25) is 4.79 Å². The Morgan fingerprint density at radius 3 is 2.50 bits per heavy atom. The van der Waals surface area contributed by atoms with Crippen LogP contribution in [0.15, 0.2) is 48.5 Å². The largest absolute Gasteiger partial charge is 0.497 e. The number of fused-ring (bicyclic) bond motifs is 1. The number of methoxy groups -OCH3 is 1. The summed E-state index contributed by atoms with van der Waals surface area (Å²) in [6.45, 7) is 1.75. The summed E-state index contributed by atoms with van der Waals surface area (Å²) in [5.41, 5.74) is 2.57. The summed E-state index contributed by atoms with van der Waals surface area (Å²) in [6.07, 6.45) is 0. The summed E-state index contributed by atoms with van der Waals surface area (Å²) >= 11 is 0. The van der Waals surface area contributed by atoms with Crippen molar-refractivity contribution in [3.63, 3.8) is 0 Å². The van der Waals surface area contributed by atoms with Gasteiger partial charge in [-0.2, -0.15) is 0 Å². The van der Waals surface area contributed by atoms with Gasteiger partial charge in [0.15, 0.2) is 0 Å². The third-order valence-electron chi connectivity index (χ3n) is 3.46. The van der Waals surface area contributed by atoms with E-state index in [1.54, 1.807) is 7.11 Å². The van der Waals surface area contributed by atoms with Crippen LogP contribution < -0.4 is 9.47 Å². The summed E-state index contributed by atoms with van der Waals surface area (Å²) in [5, 5.41) is 0. The molecule has 0 saturated carbocycles. The predicted octanol–water partition coefficient (Wildman–Crippen LogP) is 3.52. The van der Waals surface area contributed by atoms with Gasteiger partial charge in [-0.1, -0.05) is 24.3 Å². The van der Waals surface area contributed by atoms with Gasteiger partial charge in [0.1, 0.15) is 23.9 Å². The lowest BCUT2D eigenvalue weighted by Crippen LogP contribution is -2.13. The topological polar surface area (TPSA) is 44.8 Å². The van der Waals surface area contributed by atoms with Gasteiger partial charge in [0.05, 0.1) is 12.7 Å². The first-order valence-corrected chi connectivity index (χ1v) is 6.97. The van der Waals surface area contributed by atoms with Crippen LogP contribution in [0.25, 0.3) is 11.3 Å². The fourth-order valence-corrected chi connectivity index (χ4v) is 2.43. The molecule has 1 aliphatic heterocycles. The Morgan fingerprint density at radius 1 is 1.09 bits per heavy atom. The Labute approximate surface area is 128 Å². The third kappa shape index (κ3) is 2.68. The molecule has 1 heterocycles. The van der Waals surface area contributed by atoms with E-state index in [1.807, 2.05) is 48.5 Å². The maximum absolute atomic E-state index is 11.5. The van der Waals surface area contributed by atoms with Crippen molar-refractivity contribution in [3.8, 4) is 11.5 Å². The van der Waals surface area contributed by atoms with E-state index in [1.165, 1.54) is 6.92 Å². The van der Waals surface area contributed by atoms with Crippen LogP contribution >= 0.6 is 0 Å². The summed E-state index contributed by atoms with van der Waals surface area (Å²) in [5.74, 6) is 1.70. The van der Waals surface area contributed by atoms with Gasteiger partial charge in [0, 0.05) is 12.5 Å². The molecule has 0 radical (unpaired) electrons. The molecule has 2 aromatic rings. The van der Waals surface area contributed by atoms with E-state index in [2.05, 4.69) is 0 Å². The smallest absolute Gasteiger partial charge is 0.308 e. The van der Waals surface area contributed by atoms with Gasteiger partial charge in [-0.05, 0) is 29.8 Å². The SMILES string of the molecule is COc1ccc(C2=C(OC(C)=O)c3ccccc3OC2)cc1. The number of carbonyl (C=O) groups excluding carboxylic acids is 1. The molecule has 0 fully saturated rings. The van der Waals surface area contributed by atoms with Gasteiger partial charge >= 0.3 is 5.97 Å². The van der Waals surface area contributed by atoms with Crippen molar-refractivity contribution in [2.45, 2.75) is 6.92 Å². The first-order chi connectivity index (χ1) is 10.7. The second-order valence-corrected chi connectivity index (χ2v) is 4.91. The molecule has 22 heavy (non-hydrogen) atoms. The molecule has 0 atom stereocenters. The molecule has 0 saturated heterocycles. The molecule has 0 aliphatic carbocycles. The minimum absolute atomic E-state index is 0.349. The number of para-hydroxylation sites is 1. The second-order valence-electron chi connectivity index (χ2n) is 4.91. The zero-order valence-corrected chi connectivity index (χ0v) is 12.5. The van der Waals surface area contributed by atoms with Gasteiger partial charge in [0.25, 0.3) is 0 Å². The van der Waals surface area contributed by atoms with Crippen LogP contribution in [-0.4, -0.2) is 19.7 Å². The van der Waals surface area contributed by atoms with Gasteiger partial charge in [-0.25, -0.2) is 0 Å². The van der Waals surface area contributed by atoms with E-state index in [0.717, 1.165) is 28.2 Å². The quantitative estimate of drug-likeness (QED) is 0.813. The van der Waals surface area contributed by atoms with Crippen molar-refractivity contribution in [2.75, 3.05) is 13.7 Å². The number of carbonyl (C=O) groups is 1. The number of hydrogen-bond donors (Lipinski definition) is 0. The van der Waals surface area contributed by atoms with Crippen LogP contribution in [0, 0.1) is 0 Å². The van der Waals surface area contributed by atoms with E-state index < -0.39 is 0 Å². The molecule has 4 heteroatoms. The average molecular weight is 296 g/mol. The Morgan fingerprint density at radius 2 is 1.82 bits per heavy atom. The highest BCUT2D eigenvalue weighted by Gasteiger charge is 2.23. The van der Waals surface area contributed by atoms with Crippen LogP contribution in [0.2, 0.25) is 0 Å². The first-order valence-electron chi connectivity index (χ1n) is 6.97. The predicted molar refractivity (Wildman–Crippen MR) is 83.5 cm³/mol. The van der Waals surface area contributed by atoms with E-state index in [4.69, 9.17) is 14.2 Å². The van der Waals surface area contributed by atoms with Gasteiger partial charge in [0.2, 0.25) is 0 Å². The highest BCUT2D eigenvalue weighted by molar-refractivity contribution is 5.94. The monoisotopic (exact) mass is 296 g/mol. The fourth-order valence-electron chi connectivity index (χ4n) is 2.43. The Bertz CT molecular complexity index is 729. The average Bonchev–Trinajstić information content (AvgIpc) is 2.55. The second kappa shape index (κ2) is 5.93. The van der Waals surface area contributed by atoms with E-state index in [0.29, 0.717) is 12.4 Å². The van der Waals surface area contributed by atoms with Crippen LogP contribution in [0.5, 0.6) is 11.5 Å². The Hall–Kier alpha value is -2.75. The highest BCUT2D eigenvalue weighted by Crippen LogP contribution is 2.37. The molecule has 0 aromatic heterocycles. The number of ether oxygens (including phenoxy) is 3. The zero-order valence-electron chi connectivity index (χ0n) is 12.5. The summed E-state index contributed by atoms with van der Waals surface area (Å²) in [6, 6.07) is 15.1. The molecule has 0 unspecified atom stereocenters. The summed E-state index contributed by atoms with van der Waals surface area (Å²) in [4.78, 5) is 11.5. The van der Waals surface area contributed by atoms with Crippen molar-refractivity contribution in [1.82, 2.24) is 0 Å². The van der Waals surface area contributed by atoms with Crippen molar-refractivity contribution < 1.29 is 19.0 Å². The van der Waals surface area contributed by atoms with Gasteiger partial charge in [-0.15, -0.1) is 0 Å². The number of rotatable bonds is 3. The minimum Gasteiger partial charge on any atom is -0.497 e. The minimum atomic E-state index is -0.349. The molecule has 112 valence electrons. The highest BCUT2D eigenvalue weighted by atomic mass is 16.5. The van der Waals surface area contributed by atoms with Crippen molar-refractivity contribution >= 4 is 17.3 Å². The lowest BCUT2D eigenvalue weighted by Gasteiger charge is -2.23. The van der Waals surface area contributed by atoms with E-state index in [-0.39, 0.29) is 5.97 Å². The van der Waals surface area contributed by atoms with E-state index in [9.17, 15) is 4.79 Å². The van der Waals surface area contributed by atoms with E-state index >= 15 is 0 Å². The molecule has 4 nitrogen and oxygen atoms in total. The fraction of sp³-hybridized carbons (Fsp3) is 0.167. The van der Waals surface area contributed by atoms with Crippen LogP contribution in [0.3, 0.4) is 0 Å². The number of benzene rings is 2. The van der Waals surface area contributed by atoms with Crippen molar-refractivity contribution in [1.29, 1.82) is 0 Å². The van der Waals surface area contributed by atoms with Gasteiger partial charge < -0.3 is 14.2 Å². The zero-order chi connectivity index (χ0) is 15.5. The lowest BCUT2D eigenvalue weighted by molar-refractivity contribution is -0.134. The number of esters is 1. The Kier molecular flexibility index (Phi) is 3.83. The molecule has 1 aliphatic rings. The maximum Gasteiger partial charge on any atom is 0.308 e. The standard InChI is InChI=1S/C18H16O4/c1-12(19)22-18-15-5-3-4-6-17(15)21-11-16(18)13-7-9-14(20-2)10-8-13/h3-10H,11H2,1-2H3. The summed E-state index contributed by atoms with van der Waals surface area (Å²) < 4.78 is 16.4. The van der Waals surface area contributed by atoms with Crippen molar-refractivity contribution in [3.05, 3.63) is 59.7 Å². The molecule has 0 bridgehead atoms. The van der Waals surface area contributed by atoms with Crippen molar-refractivity contribution in [2.24, 2.45) is 0 Å². The van der Waals surface area contributed by atoms with Crippen LogP contribution in [0.1, 0.15) is 18.1 Å². The molecular weight excluding hydrogens is 280 g/mol. The third-order valence-corrected chi connectivity index (χ3v) is 3.46. The molecule has 2 aromatic carbocycles. The van der Waals surface area contributed by atoms with Crippen LogP contribution in [0.4, 0.5) is 0 Å². The Balaban J connectivity index is 2.11. The maximum atomic E-state index is 11.5. The molecule has 0 spiro atoms. The molecular formula is C18H16O4. The molecule has 0 N–H and O–H groups in total. The summed E-state index contributed by atoms with van der Waals surface area (Å²) in [7, 11) is 1.62. The van der Waals surface area contributed by atoms with Crippen LogP contribution in [-0.2, 0) is 9.53 Å². The molecule has 0 amide bonds. The number of hydrogen-bond acceptors (Lipinski definition) is 4.